The van der Waals surface area contributed by atoms with Crippen LogP contribution in [0, 0.1) is 12.8 Å². The van der Waals surface area contributed by atoms with Crippen LogP contribution in [0.15, 0.2) is 18.2 Å². The summed E-state index contributed by atoms with van der Waals surface area (Å²) >= 11 is 0. The summed E-state index contributed by atoms with van der Waals surface area (Å²) in [5, 5.41) is 2.93. The van der Waals surface area contributed by atoms with Crippen molar-refractivity contribution >= 4 is 18.3 Å². The van der Waals surface area contributed by atoms with Crippen molar-refractivity contribution in [3.8, 4) is 5.75 Å². The zero-order valence-electron chi connectivity index (χ0n) is 15.4. The Labute approximate surface area is 157 Å². The Hall–Kier alpha value is -1.30. The zero-order valence-corrected chi connectivity index (χ0v) is 16.2. The molecule has 1 aromatic rings. The van der Waals surface area contributed by atoms with Gasteiger partial charge in [0.15, 0.2) is 0 Å². The first-order valence-electron chi connectivity index (χ1n) is 8.88. The molecule has 142 valence electrons. The van der Waals surface area contributed by atoms with Crippen molar-refractivity contribution in [3.63, 3.8) is 0 Å². The fourth-order valence-electron chi connectivity index (χ4n) is 2.71. The van der Waals surface area contributed by atoms with E-state index in [1.54, 1.807) is 0 Å². The number of nitrogens with one attached hydrogen (secondary N) is 1. The van der Waals surface area contributed by atoms with Gasteiger partial charge in [-0.2, -0.15) is 0 Å². The second-order valence-corrected chi connectivity index (χ2v) is 6.69. The van der Waals surface area contributed by atoms with E-state index in [0.717, 1.165) is 42.7 Å². The Kier molecular flexibility index (Phi) is 9.25. The van der Waals surface area contributed by atoms with E-state index in [-0.39, 0.29) is 30.3 Å². The van der Waals surface area contributed by atoms with Gasteiger partial charge in [0.25, 0.3) is 0 Å². The van der Waals surface area contributed by atoms with Crippen molar-refractivity contribution < 1.29 is 14.3 Å². The van der Waals surface area contributed by atoms with Crippen molar-refractivity contribution in [2.75, 3.05) is 13.2 Å². The van der Waals surface area contributed by atoms with Crippen LogP contribution in [0.3, 0.4) is 0 Å². The predicted octanol–water partition coefficient (Wildman–Crippen LogP) is 2.96. The molecule has 0 saturated carbocycles. The summed E-state index contributed by atoms with van der Waals surface area (Å²) < 4.78 is 11.6. The molecule has 3 N–H and O–H groups in total. The van der Waals surface area contributed by atoms with Gasteiger partial charge in [0.1, 0.15) is 12.4 Å². The van der Waals surface area contributed by atoms with Gasteiger partial charge < -0.3 is 20.5 Å². The summed E-state index contributed by atoms with van der Waals surface area (Å²) in [5.41, 5.74) is 8.07. The molecule has 1 amide bonds. The molecule has 1 fully saturated rings. The topological polar surface area (TPSA) is 73.6 Å². The second-order valence-electron chi connectivity index (χ2n) is 6.69. The molecular weight excluding hydrogens is 340 g/mol. The first-order valence-corrected chi connectivity index (χ1v) is 8.88. The summed E-state index contributed by atoms with van der Waals surface area (Å²) in [4.78, 5) is 12.2. The molecule has 5 nitrogen and oxygen atoms in total. The SMILES string of the molecule is CCC(C)C(N)C(=O)NCc1ccc(C)cc1OCC1CCCO1.Cl. The Morgan fingerprint density at radius 1 is 1.48 bits per heavy atom. The van der Waals surface area contributed by atoms with E-state index < -0.39 is 6.04 Å². The van der Waals surface area contributed by atoms with Crippen molar-refractivity contribution in [2.24, 2.45) is 11.7 Å². The highest BCUT2D eigenvalue weighted by Crippen LogP contribution is 2.22. The van der Waals surface area contributed by atoms with Gasteiger partial charge in [-0.05, 0) is 37.3 Å². The maximum atomic E-state index is 12.2. The maximum Gasteiger partial charge on any atom is 0.237 e. The average molecular weight is 371 g/mol. The first-order chi connectivity index (χ1) is 11.5. The zero-order chi connectivity index (χ0) is 17.5. The lowest BCUT2D eigenvalue weighted by molar-refractivity contribution is -0.123. The number of ether oxygens (including phenoxy) is 2. The number of hydrogen-bond acceptors (Lipinski definition) is 4. The van der Waals surface area contributed by atoms with E-state index in [2.05, 4.69) is 5.32 Å². The molecule has 0 aromatic heterocycles. The number of halogens is 1. The summed E-state index contributed by atoms with van der Waals surface area (Å²) in [6.07, 6.45) is 3.20. The van der Waals surface area contributed by atoms with Gasteiger partial charge in [0, 0.05) is 18.7 Å². The summed E-state index contributed by atoms with van der Waals surface area (Å²) in [5.74, 6) is 0.858. The van der Waals surface area contributed by atoms with Crippen molar-refractivity contribution in [1.29, 1.82) is 0 Å². The van der Waals surface area contributed by atoms with E-state index in [9.17, 15) is 4.79 Å². The fourth-order valence-corrected chi connectivity index (χ4v) is 2.71. The van der Waals surface area contributed by atoms with Crippen molar-refractivity contribution in [3.05, 3.63) is 29.3 Å². The lowest BCUT2D eigenvalue weighted by Gasteiger charge is -2.19. The van der Waals surface area contributed by atoms with Gasteiger partial charge in [-0.1, -0.05) is 32.4 Å². The van der Waals surface area contributed by atoms with Crippen LogP contribution in [-0.4, -0.2) is 31.3 Å². The molecule has 0 radical (unpaired) electrons. The standard InChI is InChI=1S/C19H30N2O3.ClH/c1-4-14(3)18(20)19(22)21-11-15-8-7-13(2)10-17(15)24-12-16-6-5-9-23-16;/h7-8,10,14,16,18H,4-6,9,11-12,20H2,1-3H3,(H,21,22);1H. The summed E-state index contributed by atoms with van der Waals surface area (Å²) in [6.45, 7) is 7.85. The van der Waals surface area contributed by atoms with Crippen LogP contribution in [0.5, 0.6) is 5.75 Å². The minimum atomic E-state index is -0.475. The molecule has 1 aromatic carbocycles. The van der Waals surface area contributed by atoms with Crippen molar-refractivity contribution in [1.82, 2.24) is 5.32 Å². The number of benzene rings is 1. The van der Waals surface area contributed by atoms with Gasteiger partial charge in [0.05, 0.1) is 12.1 Å². The van der Waals surface area contributed by atoms with Crippen LogP contribution in [0.2, 0.25) is 0 Å². The van der Waals surface area contributed by atoms with Crippen LogP contribution in [-0.2, 0) is 16.1 Å². The highest BCUT2D eigenvalue weighted by atomic mass is 35.5. The number of carbonyl (C=O) groups excluding carboxylic acids is 1. The molecule has 0 spiro atoms. The van der Waals surface area contributed by atoms with Gasteiger partial charge in [0.2, 0.25) is 5.91 Å². The quantitative estimate of drug-likeness (QED) is 0.737. The lowest BCUT2D eigenvalue weighted by atomic mass is 9.99. The van der Waals surface area contributed by atoms with Crippen LogP contribution < -0.4 is 15.8 Å². The lowest BCUT2D eigenvalue weighted by Crippen LogP contribution is -2.44. The molecule has 6 heteroatoms. The minimum Gasteiger partial charge on any atom is -0.491 e. The molecule has 1 aliphatic heterocycles. The largest absolute Gasteiger partial charge is 0.491 e. The minimum absolute atomic E-state index is 0. The average Bonchev–Trinajstić information content (AvgIpc) is 3.10. The van der Waals surface area contributed by atoms with Crippen LogP contribution in [0.1, 0.15) is 44.2 Å². The Balaban J connectivity index is 0.00000312. The Morgan fingerprint density at radius 3 is 2.88 bits per heavy atom. The molecule has 1 saturated heterocycles. The first kappa shape index (κ1) is 21.7. The number of rotatable bonds is 8. The van der Waals surface area contributed by atoms with Crippen LogP contribution in [0.4, 0.5) is 0 Å². The van der Waals surface area contributed by atoms with E-state index in [4.69, 9.17) is 15.2 Å². The number of amides is 1. The molecule has 1 heterocycles. The molecule has 1 aliphatic rings. The molecule has 25 heavy (non-hydrogen) atoms. The Morgan fingerprint density at radius 2 is 2.24 bits per heavy atom. The molecule has 3 atom stereocenters. The van der Waals surface area contributed by atoms with Crippen LogP contribution >= 0.6 is 12.4 Å². The fraction of sp³-hybridized carbons (Fsp3) is 0.632. The third-order valence-electron chi connectivity index (χ3n) is 4.68. The van der Waals surface area contributed by atoms with E-state index in [1.165, 1.54) is 0 Å². The molecule has 2 rings (SSSR count). The third kappa shape index (κ3) is 6.49. The molecule has 0 bridgehead atoms. The van der Waals surface area contributed by atoms with Gasteiger partial charge in [-0.3, -0.25) is 4.79 Å². The third-order valence-corrected chi connectivity index (χ3v) is 4.68. The normalized spacial score (nSPS) is 19.0. The monoisotopic (exact) mass is 370 g/mol. The van der Waals surface area contributed by atoms with Crippen LogP contribution in [0.25, 0.3) is 0 Å². The number of aryl methyl sites for hydroxylation is 1. The van der Waals surface area contributed by atoms with E-state index in [0.29, 0.717) is 13.2 Å². The summed E-state index contributed by atoms with van der Waals surface area (Å²) in [7, 11) is 0. The molecular formula is C19H31ClN2O3. The van der Waals surface area contributed by atoms with E-state index >= 15 is 0 Å². The van der Waals surface area contributed by atoms with Gasteiger partial charge in [-0.25, -0.2) is 0 Å². The number of hydrogen-bond donors (Lipinski definition) is 2. The highest BCUT2D eigenvalue weighted by Gasteiger charge is 2.20. The highest BCUT2D eigenvalue weighted by molar-refractivity contribution is 5.85. The molecule has 3 unspecified atom stereocenters. The second kappa shape index (κ2) is 10.6. The number of carbonyl (C=O) groups is 1. The smallest absolute Gasteiger partial charge is 0.237 e. The maximum absolute atomic E-state index is 12.2. The predicted molar refractivity (Wildman–Crippen MR) is 102 cm³/mol. The van der Waals surface area contributed by atoms with Gasteiger partial charge in [-0.15, -0.1) is 12.4 Å². The number of nitrogens with two attached hydrogens (primary N) is 1. The summed E-state index contributed by atoms with van der Waals surface area (Å²) in [6, 6.07) is 5.55. The Bertz CT molecular complexity index is 547. The van der Waals surface area contributed by atoms with Gasteiger partial charge >= 0.3 is 0 Å². The molecule has 0 aliphatic carbocycles. The van der Waals surface area contributed by atoms with Crippen molar-refractivity contribution in [2.45, 2.75) is 58.7 Å². The van der Waals surface area contributed by atoms with E-state index in [1.807, 2.05) is 39.0 Å².